The van der Waals surface area contributed by atoms with Crippen molar-refractivity contribution in [3.8, 4) is 5.75 Å². The van der Waals surface area contributed by atoms with Crippen molar-refractivity contribution in [3.05, 3.63) is 36.2 Å². The molecule has 1 saturated heterocycles. The Bertz CT molecular complexity index is 994. The molecule has 0 radical (unpaired) electrons. The van der Waals surface area contributed by atoms with Crippen LogP contribution in [-0.2, 0) is 16.1 Å². The zero-order valence-electron chi connectivity index (χ0n) is 17.8. The van der Waals surface area contributed by atoms with Gasteiger partial charge in [-0.25, -0.2) is 0 Å². The maximum atomic E-state index is 12.6. The fraction of sp³-hybridized carbons (Fsp3) is 0.455. The predicted molar refractivity (Wildman–Crippen MR) is 115 cm³/mol. The molecular formula is C22H27N5O4. The van der Waals surface area contributed by atoms with E-state index in [4.69, 9.17) is 4.74 Å². The first-order chi connectivity index (χ1) is 14.9. The number of piperidine rings is 1. The average molecular weight is 425 g/mol. The third-order valence-electron chi connectivity index (χ3n) is 5.89. The Morgan fingerprint density at radius 3 is 2.71 bits per heavy atom. The van der Waals surface area contributed by atoms with Gasteiger partial charge < -0.3 is 19.9 Å². The molecule has 0 saturated carbocycles. The second-order valence-corrected chi connectivity index (χ2v) is 7.97. The number of likely N-dealkylation sites (N-methyl/N-ethyl adjacent to an activating group) is 1. The molecule has 0 spiro atoms. The summed E-state index contributed by atoms with van der Waals surface area (Å²) < 4.78 is 7.16. The van der Waals surface area contributed by atoms with Crippen molar-refractivity contribution in [2.24, 2.45) is 5.92 Å². The number of hydrogen-bond donors (Lipinski definition) is 1. The fourth-order valence-electron chi connectivity index (χ4n) is 3.98. The van der Waals surface area contributed by atoms with E-state index in [1.165, 1.54) is 4.90 Å². The molecule has 1 N–H and O–H groups in total. The average Bonchev–Trinajstić information content (AvgIpc) is 3.26. The zero-order valence-corrected chi connectivity index (χ0v) is 17.8. The largest absolute Gasteiger partial charge is 0.482 e. The summed E-state index contributed by atoms with van der Waals surface area (Å²) in [6.45, 7) is 3.98. The van der Waals surface area contributed by atoms with E-state index in [0.717, 1.165) is 19.4 Å². The molecule has 2 aliphatic rings. The van der Waals surface area contributed by atoms with Gasteiger partial charge in [0, 0.05) is 45.0 Å². The van der Waals surface area contributed by atoms with E-state index in [0.29, 0.717) is 42.3 Å². The van der Waals surface area contributed by atoms with Crippen LogP contribution < -0.4 is 15.0 Å². The molecular weight excluding hydrogens is 398 g/mol. The second-order valence-electron chi connectivity index (χ2n) is 7.97. The van der Waals surface area contributed by atoms with Gasteiger partial charge >= 0.3 is 0 Å². The van der Waals surface area contributed by atoms with Crippen molar-refractivity contribution in [2.75, 3.05) is 37.0 Å². The standard InChI is InChI=1S/C22H27N5O4/c1-3-27-11-8-17(24-27)22(30)26-9-6-15(7-10-26)12-20(28)23-16-4-5-19-18(13-16)25(2)21(29)14-31-19/h4-5,8,11,13,15H,3,6-7,9-10,12,14H2,1-2H3,(H,23,28). The Labute approximate surface area is 180 Å². The Balaban J connectivity index is 1.28. The lowest BCUT2D eigenvalue weighted by Gasteiger charge is -2.31. The molecule has 1 aromatic carbocycles. The molecule has 164 valence electrons. The van der Waals surface area contributed by atoms with Crippen molar-refractivity contribution < 1.29 is 19.1 Å². The third kappa shape index (κ3) is 4.55. The van der Waals surface area contributed by atoms with Gasteiger partial charge in [0.15, 0.2) is 6.61 Å². The number of nitrogens with zero attached hydrogens (tertiary/aromatic N) is 4. The number of benzene rings is 1. The minimum atomic E-state index is -0.126. The summed E-state index contributed by atoms with van der Waals surface area (Å²) in [7, 11) is 1.69. The summed E-state index contributed by atoms with van der Waals surface area (Å²) in [5, 5.41) is 7.20. The number of likely N-dealkylation sites (tertiary alicyclic amines) is 1. The van der Waals surface area contributed by atoms with Crippen LogP contribution in [0.25, 0.3) is 0 Å². The van der Waals surface area contributed by atoms with Crippen molar-refractivity contribution in [3.63, 3.8) is 0 Å². The highest BCUT2D eigenvalue weighted by molar-refractivity contribution is 5.99. The number of nitrogens with one attached hydrogen (secondary N) is 1. The molecule has 2 aliphatic heterocycles. The van der Waals surface area contributed by atoms with Crippen LogP contribution in [0.2, 0.25) is 0 Å². The van der Waals surface area contributed by atoms with Crippen LogP contribution in [-0.4, -0.2) is 59.1 Å². The smallest absolute Gasteiger partial charge is 0.274 e. The van der Waals surface area contributed by atoms with Gasteiger partial charge in [-0.3, -0.25) is 19.1 Å². The van der Waals surface area contributed by atoms with Gasteiger partial charge in [0.1, 0.15) is 11.4 Å². The lowest BCUT2D eigenvalue weighted by atomic mass is 9.93. The summed E-state index contributed by atoms with van der Waals surface area (Å²) in [5.74, 6) is 0.601. The normalized spacial score (nSPS) is 16.6. The van der Waals surface area contributed by atoms with Crippen LogP contribution in [0, 0.1) is 5.92 Å². The first-order valence-corrected chi connectivity index (χ1v) is 10.6. The summed E-state index contributed by atoms with van der Waals surface area (Å²) in [6.07, 6.45) is 3.77. The van der Waals surface area contributed by atoms with Gasteiger partial charge in [0.2, 0.25) is 5.91 Å². The molecule has 0 unspecified atom stereocenters. The molecule has 3 amide bonds. The first-order valence-electron chi connectivity index (χ1n) is 10.6. The molecule has 2 aromatic rings. The Morgan fingerprint density at radius 1 is 1.23 bits per heavy atom. The zero-order chi connectivity index (χ0) is 22.0. The summed E-state index contributed by atoms with van der Waals surface area (Å²) in [5.41, 5.74) is 1.75. The molecule has 0 atom stereocenters. The van der Waals surface area contributed by atoms with Gasteiger partial charge in [0.05, 0.1) is 5.69 Å². The van der Waals surface area contributed by atoms with Crippen molar-refractivity contribution in [2.45, 2.75) is 32.7 Å². The maximum absolute atomic E-state index is 12.6. The highest BCUT2D eigenvalue weighted by Crippen LogP contribution is 2.33. The maximum Gasteiger partial charge on any atom is 0.274 e. The predicted octanol–water partition coefficient (Wildman–Crippen LogP) is 2.14. The van der Waals surface area contributed by atoms with Gasteiger partial charge in [-0.05, 0) is 49.9 Å². The number of hydrogen-bond acceptors (Lipinski definition) is 5. The number of aromatic nitrogens is 2. The Kier molecular flexibility index (Phi) is 5.92. The third-order valence-corrected chi connectivity index (χ3v) is 5.89. The summed E-state index contributed by atoms with van der Waals surface area (Å²) in [6, 6.07) is 7.04. The van der Waals surface area contributed by atoms with Crippen LogP contribution in [0.3, 0.4) is 0 Å². The lowest BCUT2D eigenvalue weighted by molar-refractivity contribution is -0.121. The Morgan fingerprint density at radius 2 is 2.00 bits per heavy atom. The van der Waals surface area contributed by atoms with Crippen LogP contribution in [0.15, 0.2) is 30.5 Å². The topological polar surface area (TPSA) is 96.8 Å². The van der Waals surface area contributed by atoms with E-state index in [1.807, 2.05) is 18.0 Å². The SMILES string of the molecule is CCn1ccc(C(=O)N2CCC(CC(=O)Nc3ccc4c(c3)N(C)C(=O)CO4)CC2)n1. The van der Waals surface area contributed by atoms with E-state index in [-0.39, 0.29) is 30.2 Å². The van der Waals surface area contributed by atoms with E-state index < -0.39 is 0 Å². The van der Waals surface area contributed by atoms with Gasteiger partial charge in [-0.1, -0.05) is 0 Å². The molecule has 4 rings (SSSR count). The molecule has 3 heterocycles. The number of carbonyl (C=O) groups is 3. The molecule has 9 heteroatoms. The molecule has 1 aromatic heterocycles. The molecule has 0 aliphatic carbocycles. The highest BCUT2D eigenvalue weighted by Gasteiger charge is 2.27. The van der Waals surface area contributed by atoms with Gasteiger partial charge in [-0.2, -0.15) is 5.10 Å². The molecule has 31 heavy (non-hydrogen) atoms. The van der Waals surface area contributed by atoms with E-state index in [1.54, 1.807) is 36.0 Å². The van der Waals surface area contributed by atoms with Crippen LogP contribution in [0.1, 0.15) is 36.7 Å². The number of amides is 3. The number of fused-ring (bicyclic) bond motifs is 1. The van der Waals surface area contributed by atoms with Crippen molar-refractivity contribution >= 4 is 29.1 Å². The first kappa shape index (κ1) is 20.9. The van der Waals surface area contributed by atoms with Gasteiger partial charge in [0.25, 0.3) is 11.8 Å². The number of rotatable bonds is 5. The number of carbonyl (C=O) groups excluding carboxylic acids is 3. The number of aryl methyl sites for hydroxylation is 1. The second kappa shape index (κ2) is 8.79. The van der Waals surface area contributed by atoms with Crippen molar-refractivity contribution in [1.29, 1.82) is 0 Å². The number of ether oxygens (including phenoxy) is 1. The van der Waals surface area contributed by atoms with Crippen molar-refractivity contribution in [1.82, 2.24) is 14.7 Å². The van der Waals surface area contributed by atoms with E-state index in [9.17, 15) is 14.4 Å². The highest BCUT2D eigenvalue weighted by atomic mass is 16.5. The molecule has 9 nitrogen and oxygen atoms in total. The molecule has 1 fully saturated rings. The summed E-state index contributed by atoms with van der Waals surface area (Å²) in [4.78, 5) is 40.3. The van der Waals surface area contributed by atoms with E-state index in [2.05, 4.69) is 10.4 Å². The minimum Gasteiger partial charge on any atom is -0.482 e. The fourth-order valence-corrected chi connectivity index (χ4v) is 3.98. The molecule has 0 bridgehead atoms. The quantitative estimate of drug-likeness (QED) is 0.792. The van der Waals surface area contributed by atoms with Crippen LogP contribution >= 0.6 is 0 Å². The van der Waals surface area contributed by atoms with Gasteiger partial charge in [-0.15, -0.1) is 0 Å². The minimum absolute atomic E-state index is 0.0247. The van der Waals surface area contributed by atoms with E-state index >= 15 is 0 Å². The van der Waals surface area contributed by atoms with Crippen LogP contribution in [0.5, 0.6) is 5.75 Å². The monoisotopic (exact) mass is 425 g/mol. The number of anilines is 2. The lowest BCUT2D eigenvalue weighted by Crippen LogP contribution is -2.39. The van der Waals surface area contributed by atoms with Crippen LogP contribution in [0.4, 0.5) is 11.4 Å². The Hall–Kier alpha value is -3.36. The summed E-state index contributed by atoms with van der Waals surface area (Å²) >= 11 is 0.